The summed E-state index contributed by atoms with van der Waals surface area (Å²) in [7, 11) is 0. The molecule has 0 aliphatic rings. The highest BCUT2D eigenvalue weighted by Crippen LogP contribution is 2.37. The van der Waals surface area contributed by atoms with Gasteiger partial charge in [-0.2, -0.15) is 0 Å². The first-order valence-corrected chi connectivity index (χ1v) is 8.58. The summed E-state index contributed by atoms with van der Waals surface area (Å²) in [5.74, 6) is -1.79. The molecule has 0 saturated carbocycles. The molecule has 6 nitrogen and oxygen atoms in total. The van der Waals surface area contributed by atoms with Gasteiger partial charge in [-0.1, -0.05) is 33.1 Å². The van der Waals surface area contributed by atoms with Crippen LogP contribution in [0.2, 0.25) is 0 Å². The average Bonchev–Trinajstić information content (AvgIpc) is 2.49. The third-order valence-electron chi connectivity index (χ3n) is 4.44. The number of hydrogen-bond donors (Lipinski definition) is 4. The molecule has 0 fully saturated rings. The minimum absolute atomic E-state index is 0.132. The van der Waals surface area contributed by atoms with Crippen LogP contribution in [0.25, 0.3) is 0 Å². The Labute approximate surface area is 138 Å². The van der Waals surface area contributed by atoms with Crippen LogP contribution in [-0.4, -0.2) is 44.6 Å². The van der Waals surface area contributed by atoms with E-state index in [1.165, 1.54) is 0 Å². The van der Waals surface area contributed by atoms with Crippen molar-refractivity contribution in [1.82, 2.24) is 0 Å². The summed E-state index contributed by atoms with van der Waals surface area (Å²) < 4.78 is 0. The number of rotatable bonds is 14. The van der Waals surface area contributed by atoms with Gasteiger partial charge in [0.15, 0.2) is 0 Å². The van der Waals surface area contributed by atoms with Crippen LogP contribution < -0.4 is 0 Å². The number of aliphatic hydroxyl groups is 2. The molecule has 0 rings (SSSR count). The number of unbranched alkanes of at least 4 members (excludes halogenated alkanes) is 3. The molecule has 0 aromatic rings. The van der Waals surface area contributed by atoms with Crippen LogP contribution in [0.1, 0.15) is 78.1 Å². The van der Waals surface area contributed by atoms with Crippen LogP contribution in [0, 0.1) is 5.41 Å². The molecular weight excluding hydrogens is 300 g/mol. The summed E-state index contributed by atoms with van der Waals surface area (Å²) in [6.07, 6.45) is 3.13. The Balaban J connectivity index is 4.67. The molecule has 0 aromatic heterocycles. The molecule has 2 unspecified atom stereocenters. The predicted molar refractivity (Wildman–Crippen MR) is 87.2 cm³/mol. The van der Waals surface area contributed by atoms with Gasteiger partial charge in [0.2, 0.25) is 0 Å². The summed E-state index contributed by atoms with van der Waals surface area (Å²) in [6, 6.07) is 0. The van der Waals surface area contributed by atoms with Gasteiger partial charge in [-0.3, -0.25) is 9.59 Å². The quantitative estimate of drug-likeness (QED) is 0.364. The normalized spacial score (nSPS) is 16.5. The van der Waals surface area contributed by atoms with Crippen LogP contribution in [0.5, 0.6) is 0 Å². The fourth-order valence-electron chi connectivity index (χ4n) is 2.85. The Kier molecular flexibility index (Phi) is 10.8. The van der Waals surface area contributed by atoms with Gasteiger partial charge in [0.25, 0.3) is 0 Å². The second-order valence-electron chi connectivity index (χ2n) is 6.43. The fourth-order valence-corrected chi connectivity index (χ4v) is 2.85. The van der Waals surface area contributed by atoms with E-state index in [1.807, 2.05) is 0 Å². The van der Waals surface area contributed by atoms with Crippen molar-refractivity contribution in [3.05, 3.63) is 0 Å². The lowest BCUT2D eigenvalue weighted by Gasteiger charge is -2.33. The Morgan fingerprint density at radius 2 is 1.35 bits per heavy atom. The Morgan fingerprint density at radius 3 is 1.74 bits per heavy atom. The lowest BCUT2D eigenvalue weighted by Crippen LogP contribution is -2.38. The van der Waals surface area contributed by atoms with Gasteiger partial charge in [0, 0.05) is 6.42 Å². The average molecular weight is 332 g/mol. The maximum Gasteiger partial charge on any atom is 0.309 e. The van der Waals surface area contributed by atoms with Crippen molar-refractivity contribution in [2.75, 3.05) is 0 Å². The van der Waals surface area contributed by atoms with Crippen molar-refractivity contribution >= 4 is 11.9 Å². The number of aliphatic carboxylic acids is 2. The van der Waals surface area contributed by atoms with Crippen LogP contribution in [-0.2, 0) is 9.59 Å². The van der Waals surface area contributed by atoms with Crippen LogP contribution >= 0.6 is 0 Å². The van der Waals surface area contributed by atoms with Gasteiger partial charge in [-0.05, 0) is 38.5 Å². The maximum absolute atomic E-state index is 11.8. The zero-order valence-corrected chi connectivity index (χ0v) is 14.3. The fraction of sp³-hybridized carbons (Fsp3) is 0.882. The van der Waals surface area contributed by atoms with Gasteiger partial charge in [0.05, 0.1) is 17.6 Å². The first-order valence-electron chi connectivity index (χ1n) is 8.58. The Morgan fingerprint density at radius 1 is 0.870 bits per heavy atom. The molecule has 0 aromatic carbocycles. The molecule has 0 aliphatic heterocycles. The summed E-state index contributed by atoms with van der Waals surface area (Å²) in [6.45, 7) is 3.61. The highest BCUT2D eigenvalue weighted by atomic mass is 16.4. The van der Waals surface area contributed by atoms with E-state index < -0.39 is 29.6 Å². The molecule has 0 radical (unpaired) electrons. The van der Waals surface area contributed by atoms with E-state index in [4.69, 9.17) is 5.11 Å². The molecular formula is C17H32O6. The first-order chi connectivity index (χ1) is 10.8. The van der Waals surface area contributed by atoms with E-state index in [0.29, 0.717) is 32.1 Å². The second-order valence-corrected chi connectivity index (χ2v) is 6.43. The lowest BCUT2D eigenvalue weighted by atomic mass is 9.73. The smallest absolute Gasteiger partial charge is 0.309 e. The number of carbonyl (C=O) groups is 2. The van der Waals surface area contributed by atoms with Crippen molar-refractivity contribution in [3.63, 3.8) is 0 Å². The van der Waals surface area contributed by atoms with Crippen LogP contribution in [0.4, 0.5) is 0 Å². The maximum atomic E-state index is 11.8. The van der Waals surface area contributed by atoms with Gasteiger partial charge in [-0.15, -0.1) is 0 Å². The third-order valence-corrected chi connectivity index (χ3v) is 4.44. The van der Waals surface area contributed by atoms with Crippen molar-refractivity contribution in [1.29, 1.82) is 0 Å². The molecule has 136 valence electrons. The molecule has 0 heterocycles. The highest BCUT2D eigenvalue weighted by Gasteiger charge is 2.40. The summed E-state index contributed by atoms with van der Waals surface area (Å²) in [5, 5.41) is 38.1. The van der Waals surface area contributed by atoms with E-state index in [1.54, 1.807) is 13.8 Å². The van der Waals surface area contributed by atoms with Crippen LogP contribution in [0.15, 0.2) is 0 Å². The molecule has 0 bridgehead atoms. The van der Waals surface area contributed by atoms with E-state index in [2.05, 4.69) is 0 Å². The number of hydrogen-bond acceptors (Lipinski definition) is 4. The minimum atomic E-state index is -1.11. The van der Waals surface area contributed by atoms with Crippen molar-refractivity contribution in [2.45, 2.75) is 90.3 Å². The first kappa shape index (κ1) is 21.9. The monoisotopic (exact) mass is 332 g/mol. The molecule has 0 saturated heterocycles. The lowest BCUT2D eigenvalue weighted by molar-refractivity contribution is -0.154. The SMILES string of the molecule is CCC(O)CC(CCCCCCC(=O)O)(CC(O)CC)C(=O)O. The van der Waals surface area contributed by atoms with Gasteiger partial charge < -0.3 is 20.4 Å². The number of carboxylic acid groups (broad SMARTS) is 2. The summed E-state index contributed by atoms with van der Waals surface area (Å²) in [4.78, 5) is 22.3. The third kappa shape index (κ3) is 8.91. The molecule has 23 heavy (non-hydrogen) atoms. The summed E-state index contributed by atoms with van der Waals surface area (Å²) >= 11 is 0. The zero-order valence-electron chi connectivity index (χ0n) is 14.3. The van der Waals surface area contributed by atoms with E-state index >= 15 is 0 Å². The predicted octanol–water partition coefficient (Wildman–Crippen LogP) is 2.80. The largest absolute Gasteiger partial charge is 0.481 e. The topological polar surface area (TPSA) is 115 Å². The second kappa shape index (κ2) is 11.4. The van der Waals surface area contributed by atoms with E-state index in [-0.39, 0.29) is 19.3 Å². The molecule has 0 amide bonds. The number of aliphatic hydroxyl groups excluding tert-OH is 2. The Hall–Kier alpha value is -1.14. The van der Waals surface area contributed by atoms with Gasteiger partial charge in [0.1, 0.15) is 0 Å². The van der Waals surface area contributed by atoms with E-state index in [9.17, 15) is 24.9 Å². The van der Waals surface area contributed by atoms with Gasteiger partial charge >= 0.3 is 11.9 Å². The van der Waals surface area contributed by atoms with E-state index in [0.717, 1.165) is 12.8 Å². The molecule has 0 spiro atoms. The van der Waals surface area contributed by atoms with Crippen molar-refractivity contribution in [3.8, 4) is 0 Å². The van der Waals surface area contributed by atoms with Crippen LogP contribution in [0.3, 0.4) is 0 Å². The number of carboxylic acids is 2. The standard InChI is InChI=1S/C17H32O6/c1-3-13(18)11-17(16(22)23,12-14(19)4-2)10-8-6-5-7-9-15(20)21/h13-14,18-19H,3-12H2,1-2H3,(H,20,21)(H,22,23). The zero-order chi connectivity index (χ0) is 17.9. The van der Waals surface area contributed by atoms with Crippen molar-refractivity contribution in [2.24, 2.45) is 5.41 Å². The molecule has 2 atom stereocenters. The van der Waals surface area contributed by atoms with Crippen molar-refractivity contribution < 1.29 is 30.0 Å². The molecule has 0 aliphatic carbocycles. The Bertz CT molecular complexity index is 343. The molecule has 6 heteroatoms. The minimum Gasteiger partial charge on any atom is -0.481 e. The van der Waals surface area contributed by atoms with Gasteiger partial charge in [-0.25, -0.2) is 0 Å². The highest BCUT2D eigenvalue weighted by molar-refractivity contribution is 5.74. The summed E-state index contributed by atoms with van der Waals surface area (Å²) in [5.41, 5.74) is -1.11. The molecule has 4 N–H and O–H groups in total.